The number of nitrogens with zero attached hydrogens (tertiary/aromatic N) is 3. The van der Waals surface area contributed by atoms with Gasteiger partial charge in [0.05, 0.1) is 6.10 Å². The molecule has 6 nitrogen and oxygen atoms in total. The van der Waals surface area contributed by atoms with Crippen LogP contribution in [0.4, 0.5) is 0 Å². The van der Waals surface area contributed by atoms with Crippen LogP contribution < -0.4 is 0 Å². The largest absolute Gasteiger partial charge is 0.377 e. The zero-order valence-corrected chi connectivity index (χ0v) is 11.4. The number of likely N-dealkylation sites (N-methyl/N-ethyl adjacent to an activating group) is 1. The fourth-order valence-electron chi connectivity index (χ4n) is 1.95. The number of ether oxygens (including phenoxy) is 1. The van der Waals surface area contributed by atoms with Gasteiger partial charge in [-0.25, -0.2) is 13.4 Å². The molecule has 1 aromatic heterocycles. The first-order valence-electron chi connectivity index (χ1n) is 5.98. The van der Waals surface area contributed by atoms with Crippen LogP contribution in [0.3, 0.4) is 0 Å². The second kappa shape index (κ2) is 5.65. The summed E-state index contributed by atoms with van der Waals surface area (Å²) in [6.45, 7) is 1.03. The molecule has 102 valence electrons. The number of sulfonamides is 1. The topological polar surface area (TPSA) is 83.3 Å². The van der Waals surface area contributed by atoms with Crippen molar-refractivity contribution in [2.45, 2.75) is 23.8 Å². The normalized spacial score (nSPS) is 19.5. The Morgan fingerprint density at radius 3 is 2.89 bits per heavy atom. The molecule has 2 heterocycles. The van der Waals surface area contributed by atoms with E-state index in [1.54, 1.807) is 0 Å². The van der Waals surface area contributed by atoms with Gasteiger partial charge < -0.3 is 4.74 Å². The van der Waals surface area contributed by atoms with E-state index in [0.717, 1.165) is 12.8 Å². The molecule has 1 atom stereocenters. The van der Waals surface area contributed by atoms with Crippen LogP contribution in [-0.2, 0) is 14.8 Å². The average molecular weight is 281 g/mol. The Hall–Kier alpha value is -1.49. The first-order chi connectivity index (χ1) is 9.04. The second-order valence-electron chi connectivity index (χ2n) is 4.41. The van der Waals surface area contributed by atoms with E-state index in [1.165, 1.54) is 29.7 Å². The third-order valence-electron chi connectivity index (χ3n) is 3.04. The fourth-order valence-corrected chi connectivity index (χ4v) is 3.10. The molecule has 1 fully saturated rings. The van der Waals surface area contributed by atoms with Crippen molar-refractivity contribution in [1.29, 1.82) is 5.26 Å². The minimum Gasteiger partial charge on any atom is -0.377 e. The number of nitriles is 1. The molecule has 0 aromatic carbocycles. The summed E-state index contributed by atoms with van der Waals surface area (Å²) in [4.78, 5) is 3.87. The van der Waals surface area contributed by atoms with E-state index in [0.29, 0.717) is 13.2 Å². The highest BCUT2D eigenvalue weighted by atomic mass is 32.2. The summed E-state index contributed by atoms with van der Waals surface area (Å²) in [5, 5.41) is 8.64. The van der Waals surface area contributed by atoms with Gasteiger partial charge in [0.2, 0.25) is 10.0 Å². The van der Waals surface area contributed by atoms with Gasteiger partial charge in [0.15, 0.2) is 0 Å². The Labute approximate surface area is 112 Å². The summed E-state index contributed by atoms with van der Waals surface area (Å²) < 4.78 is 31.2. The van der Waals surface area contributed by atoms with Crippen molar-refractivity contribution >= 4 is 10.0 Å². The Kier molecular flexibility index (Phi) is 4.14. The van der Waals surface area contributed by atoms with Gasteiger partial charge in [0, 0.05) is 26.4 Å². The molecule has 0 saturated carbocycles. The van der Waals surface area contributed by atoms with Crippen LogP contribution in [-0.4, -0.2) is 44.0 Å². The molecule has 0 spiro atoms. The van der Waals surface area contributed by atoms with E-state index < -0.39 is 10.0 Å². The van der Waals surface area contributed by atoms with Crippen LogP contribution in [0.2, 0.25) is 0 Å². The van der Waals surface area contributed by atoms with Crippen LogP contribution in [0.5, 0.6) is 0 Å². The minimum absolute atomic E-state index is 0.0360. The third kappa shape index (κ3) is 3.10. The van der Waals surface area contributed by atoms with Gasteiger partial charge in [-0.15, -0.1) is 0 Å². The summed E-state index contributed by atoms with van der Waals surface area (Å²) in [5.74, 6) is 0. The predicted octanol–water partition coefficient (Wildman–Crippen LogP) is 0.753. The summed E-state index contributed by atoms with van der Waals surface area (Å²) in [6.07, 6.45) is 3.02. The zero-order valence-electron chi connectivity index (χ0n) is 10.6. The molecule has 1 saturated heterocycles. The number of rotatable bonds is 4. The summed E-state index contributed by atoms with van der Waals surface area (Å²) >= 11 is 0. The zero-order chi connectivity index (χ0) is 13.9. The molecule has 0 N–H and O–H groups in total. The Morgan fingerprint density at radius 1 is 1.58 bits per heavy atom. The maximum atomic E-state index is 12.3. The van der Waals surface area contributed by atoms with E-state index in [1.807, 2.05) is 6.07 Å². The number of hydrogen-bond acceptors (Lipinski definition) is 5. The fraction of sp³-hybridized carbons (Fsp3) is 0.500. The molecule has 1 aromatic rings. The number of hydrogen-bond donors (Lipinski definition) is 0. The highest BCUT2D eigenvalue weighted by molar-refractivity contribution is 7.89. The molecular formula is C12H15N3O3S. The lowest BCUT2D eigenvalue weighted by atomic mass is 10.2. The van der Waals surface area contributed by atoms with E-state index in [4.69, 9.17) is 10.00 Å². The van der Waals surface area contributed by atoms with E-state index >= 15 is 0 Å². The standard InChI is InChI=1S/C12H15N3O3S/c1-15(9-11-3-2-6-18-11)19(16,17)12-5-4-10(7-13)14-8-12/h4-5,8,11H,2-3,6,9H2,1H3. The molecule has 19 heavy (non-hydrogen) atoms. The smallest absolute Gasteiger partial charge is 0.244 e. The van der Waals surface area contributed by atoms with Gasteiger partial charge in [-0.05, 0) is 25.0 Å². The van der Waals surface area contributed by atoms with Gasteiger partial charge >= 0.3 is 0 Å². The van der Waals surface area contributed by atoms with E-state index in [-0.39, 0.29) is 16.7 Å². The first kappa shape index (κ1) is 13.9. The van der Waals surface area contributed by atoms with E-state index in [9.17, 15) is 8.42 Å². The highest BCUT2D eigenvalue weighted by Gasteiger charge is 2.26. The maximum absolute atomic E-state index is 12.3. The lowest BCUT2D eigenvalue weighted by Crippen LogP contribution is -2.34. The Balaban J connectivity index is 2.13. The number of pyridine rings is 1. The SMILES string of the molecule is CN(CC1CCCO1)S(=O)(=O)c1ccc(C#N)nc1. The molecular weight excluding hydrogens is 266 g/mol. The maximum Gasteiger partial charge on any atom is 0.244 e. The van der Waals surface area contributed by atoms with Crippen LogP contribution >= 0.6 is 0 Å². The minimum atomic E-state index is -3.57. The van der Waals surface area contributed by atoms with Crippen molar-refractivity contribution in [3.05, 3.63) is 24.0 Å². The van der Waals surface area contributed by atoms with Gasteiger partial charge in [-0.3, -0.25) is 0 Å². The van der Waals surface area contributed by atoms with Crippen LogP contribution in [0.1, 0.15) is 18.5 Å². The van der Waals surface area contributed by atoms with E-state index in [2.05, 4.69) is 4.98 Å². The third-order valence-corrected chi connectivity index (χ3v) is 4.85. The first-order valence-corrected chi connectivity index (χ1v) is 7.42. The molecule has 7 heteroatoms. The summed E-state index contributed by atoms with van der Waals surface area (Å²) in [5.41, 5.74) is 0.195. The molecule has 0 aliphatic carbocycles. The Morgan fingerprint density at radius 2 is 2.37 bits per heavy atom. The molecule has 1 aliphatic rings. The van der Waals surface area contributed by atoms with Crippen molar-refractivity contribution in [3.63, 3.8) is 0 Å². The quantitative estimate of drug-likeness (QED) is 0.813. The van der Waals surface area contributed by atoms with Crippen molar-refractivity contribution < 1.29 is 13.2 Å². The van der Waals surface area contributed by atoms with Gasteiger partial charge in [-0.1, -0.05) is 0 Å². The van der Waals surface area contributed by atoms with Crippen molar-refractivity contribution in [2.75, 3.05) is 20.2 Å². The summed E-state index contributed by atoms with van der Waals surface area (Å²) in [6, 6.07) is 4.65. The monoisotopic (exact) mass is 281 g/mol. The van der Waals surface area contributed by atoms with Crippen LogP contribution in [0, 0.1) is 11.3 Å². The molecule has 0 radical (unpaired) electrons. The van der Waals surface area contributed by atoms with Crippen molar-refractivity contribution in [3.8, 4) is 6.07 Å². The summed E-state index contributed by atoms with van der Waals surface area (Å²) in [7, 11) is -2.05. The molecule has 1 unspecified atom stereocenters. The average Bonchev–Trinajstić information content (AvgIpc) is 2.91. The van der Waals surface area contributed by atoms with Gasteiger partial charge in [0.1, 0.15) is 16.7 Å². The highest BCUT2D eigenvalue weighted by Crippen LogP contribution is 2.18. The number of aromatic nitrogens is 1. The Bertz CT molecular complexity index is 571. The van der Waals surface area contributed by atoms with Crippen molar-refractivity contribution in [1.82, 2.24) is 9.29 Å². The van der Waals surface area contributed by atoms with Gasteiger partial charge in [0.25, 0.3) is 0 Å². The van der Waals surface area contributed by atoms with Crippen LogP contribution in [0.15, 0.2) is 23.2 Å². The molecule has 0 amide bonds. The van der Waals surface area contributed by atoms with Gasteiger partial charge in [-0.2, -0.15) is 9.57 Å². The predicted molar refractivity (Wildman–Crippen MR) is 67.7 cm³/mol. The van der Waals surface area contributed by atoms with Crippen LogP contribution in [0.25, 0.3) is 0 Å². The van der Waals surface area contributed by atoms with Crippen molar-refractivity contribution in [2.24, 2.45) is 0 Å². The molecule has 1 aliphatic heterocycles. The molecule has 2 rings (SSSR count). The second-order valence-corrected chi connectivity index (χ2v) is 6.46. The lowest BCUT2D eigenvalue weighted by Gasteiger charge is -2.20. The lowest BCUT2D eigenvalue weighted by molar-refractivity contribution is 0.0979. The molecule has 0 bridgehead atoms.